The molecule has 0 amide bonds. The molecule has 0 aliphatic carbocycles. The summed E-state index contributed by atoms with van der Waals surface area (Å²) < 4.78 is 11.3. The number of benzene rings is 2. The molecule has 1 aliphatic heterocycles. The monoisotopic (exact) mass is 280 g/mol. The molecule has 0 bridgehead atoms. The highest BCUT2D eigenvalue weighted by atomic mass is 16.6. The molecule has 1 unspecified atom stereocenters. The number of ether oxygens (including phenoxy) is 2. The van der Waals surface area contributed by atoms with Crippen LogP contribution in [0.5, 0.6) is 0 Å². The quantitative estimate of drug-likeness (QED) is 0.850. The SMILES string of the molecule is Cc1ccc(/C(=C\C2COCCO2)c2ccccc2)cc1. The number of hydrogen-bond acceptors (Lipinski definition) is 2. The van der Waals surface area contributed by atoms with Gasteiger partial charge < -0.3 is 9.47 Å². The summed E-state index contributed by atoms with van der Waals surface area (Å²) in [6, 6.07) is 19.1. The molecule has 0 saturated carbocycles. The zero-order valence-electron chi connectivity index (χ0n) is 12.3. The van der Waals surface area contributed by atoms with Crippen LogP contribution in [0.15, 0.2) is 60.7 Å². The van der Waals surface area contributed by atoms with Gasteiger partial charge in [-0.2, -0.15) is 0 Å². The van der Waals surface area contributed by atoms with Crippen molar-refractivity contribution in [3.05, 3.63) is 77.4 Å². The Hall–Kier alpha value is -1.90. The molecule has 1 atom stereocenters. The fraction of sp³-hybridized carbons (Fsp3) is 0.263. The Bertz CT molecular complexity index is 593. The fourth-order valence-corrected chi connectivity index (χ4v) is 2.50. The third kappa shape index (κ3) is 3.60. The van der Waals surface area contributed by atoms with Gasteiger partial charge in [-0.25, -0.2) is 0 Å². The van der Waals surface area contributed by atoms with Crippen LogP contribution in [0, 0.1) is 6.92 Å². The predicted molar refractivity (Wildman–Crippen MR) is 85.3 cm³/mol. The smallest absolute Gasteiger partial charge is 0.0999 e. The Morgan fingerprint density at radius 3 is 2.33 bits per heavy atom. The summed E-state index contributed by atoms with van der Waals surface area (Å²) in [5, 5.41) is 0. The number of aryl methyl sites for hydroxylation is 1. The summed E-state index contributed by atoms with van der Waals surface area (Å²) in [6.45, 7) is 4.09. The van der Waals surface area contributed by atoms with Crippen molar-refractivity contribution in [2.45, 2.75) is 13.0 Å². The average molecular weight is 280 g/mol. The molecular formula is C19H20O2. The Labute approximate surface area is 126 Å². The molecule has 0 spiro atoms. The Morgan fingerprint density at radius 1 is 0.952 bits per heavy atom. The maximum Gasteiger partial charge on any atom is 0.0999 e. The van der Waals surface area contributed by atoms with Gasteiger partial charge in [0, 0.05) is 0 Å². The van der Waals surface area contributed by atoms with Crippen LogP contribution >= 0.6 is 0 Å². The van der Waals surface area contributed by atoms with Crippen LogP contribution in [0.25, 0.3) is 5.57 Å². The minimum Gasteiger partial charge on any atom is -0.376 e. The zero-order chi connectivity index (χ0) is 14.5. The minimum atomic E-state index is 0.0234. The van der Waals surface area contributed by atoms with Gasteiger partial charge in [-0.15, -0.1) is 0 Å². The third-order valence-electron chi connectivity index (χ3n) is 3.64. The minimum absolute atomic E-state index is 0.0234. The van der Waals surface area contributed by atoms with Gasteiger partial charge in [-0.1, -0.05) is 60.2 Å². The molecule has 2 aromatic carbocycles. The molecule has 3 rings (SSSR count). The van der Waals surface area contributed by atoms with E-state index >= 15 is 0 Å². The van der Waals surface area contributed by atoms with Crippen molar-refractivity contribution in [3.63, 3.8) is 0 Å². The molecule has 2 nitrogen and oxygen atoms in total. The van der Waals surface area contributed by atoms with Crippen molar-refractivity contribution in [3.8, 4) is 0 Å². The van der Waals surface area contributed by atoms with Gasteiger partial charge >= 0.3 is 0 Å². The van der Waals surface area contributed by atoms with Gasteiger partial charge in [-0.05, 0) is 29.7 Å². The van der Waals surface area contributed by atoms with Crippen LogP contribution < -0.4 is 0 Å². The van der Waals surface area contributed by atoms with Crippen LogP contribution in [0.2, 0.25) is 0 Å². The summed E-state index contributed by atoms with van der Waals surface area (Å²) in [5.41, 5.74) is 4.88. The van der Waals surface area contributed by atoms with Crippen molar-refractivity contribution in [1.82, 2.24) is 0 Å². The van der Waals surface area contributed by atoms with E-state index in [-0.39, 0.29) is 6.10 Å². The summed E-state index contributed by atoms with van der Waals surface area (Å²) in [5.74, 6) is 0. The molecule has 1 aliphatic rings. The van der Waals surface area contributed by atoms with Gasteiger partial charge in [0.2, 0.25) is 0 Å². The van der Waals surface area contributed by atoms with E-state index in [1.807, 2.05) is 6.07 Å². The third-order valence-corrected chi connectivity index (χ3v) is 3.64. The topological polar surface area (TPSA) is 18.5 Å². The highest BCUT2D eigenvalue weighted by molar-refractivity contribution is 5.80. The first-order valence-corrected chi connectivity index (χ1v) is 7.36. The maximum absolute atomic E-state index is 5.77. The maximum atomic E-state index is 5.77. The Balaban J connectivity index is 1.98. The van der Waals surface area contributed by atoms with E-state index in [1.165, 1.54) is 22.3 Å². The van der Waals surface area contributed by atoms with Gasteiger partial charge in [0.1, 0.15) is 0 Å². The molecule has 0 radical (unpaired) electrons. The first-order valence-electron chi connectivity index (χ1n) is 7.36. The van der Waals surface area contributed by atoms with Gasteiger partial charge in [-0.3, -0.25) is 0 Å². The van der Waals surface area contributed by atoms with E-state index in [2.05, 4.69) is 61.5 Å². The molecule has 108 valence electrons. The highest BCUT2D eigenvalue weighted by Gasteiger charge is 2.14. The molecule has 1 saturated heterocycles. The molecule has 2 heteroatoms. The summed E-state index contributed by atoms with van der Waals surface area (Å²) in [6.07, 6.45) is 2.20. The molecule has 1 fully saturated rings. The molecular weight excluding hydrogens is 260 g/mol. The molecule has 0 N–H and O–H groups in total. The second-order valence-electron chi connectivity index (χ2n) is 5.30. The molecule has 0 aromatic heterocycles. The first-order chi connectivity index (χ1) is 10.3. The van der Waals surface area contributed by atoms with Crippen molar-refractivity contribution in [1.29, 1.82) is 0 Å². The average Bonchev–Trinajstić information content (AvgIpc) is 2.55. The van der Waals surface area contributed by atoms with Crippen LogP contribution in [-0.2, 0) is 9.47 Å². The zero-order valence-corrected chi connectivity index (χ0v) is 12.3. The fourth-order valence-electron chi connectivity index (χ4n) is 2.50. The second-order valence-corrected chi connectivity index (χ2v) is 5.30. The van der Waals surface area contributed by atoms with Gasteiger partial charge in [0.25, 0.3) is 0 Å². The van der Waals surface area contributed by atoms with E-state index in [0.717, 1.165) is 0 Å². The highest BCUT2D eigenvalue weighted by Crippen LogP contribution is 2.25. The summed E-state index contributed by atoms with van der Waals surface area (Å²) >= 11 is 0. The van der Waals surface area contributed by atoms with E-state index in [0.29, 0.717) is 19.8 Å². The van der Waals surface area contributed by atoms with Gasteiger partial charge in [0.15, 0.2) is 0 Å². The van der Waals surface area contributed by atoms with Crippen molar-refractivity contribution in [2.75, 3.05) is 19.8 Å². The van der Waals surface area contributed by atoms with Crippen LogP contribution in [0.1, 0.15) is 16.7 Å². The molecule has 21 heavy (non-hydrogen) atoms. The normalized spacial score (nSPS) is 19.5. The van der Waals surface area contributed by atoms with Crippen molar-refractivity contribution in [2.24, 2.45) is 0 Å². The van der Waals surface area contributed by atoms with E-state index in [9.17, 15) is 0 Å². The lowest BCUT2D eigenvalue weighted by molar-refractivity contribution is -0.0673. The number of hydrogen-bond donors (Lipinski definition) is 0. The Kier molecular flexibility index (Phi) is 4.49. The van der Waals surface area contributed by atoms with Crippen molar-refractivity contribution < 1.29 is 9.47 Å². The molecule has 1 heterocycles. The first kappa shape index (κ1) is 14.1. The van der Waals surface area contributed by atoms with E-state index < -0.39 is 0 Å². The van der Waals surface area contributed by atoms with Crippen LogP contribution in [0.4, 0.5) is 0 Å². The Morgan fingerprint density at radius 2 is 1.67 bits per heavy atom. The standard InChI is InChI=1S/C19H20O2/c1-15-7-9-17(10-8-15)19(16-5-3-2-4-6-16)13-18-14-20-11-12-21-18/h2-10,13,18H,11-12,14H2,1H3/b19-13-. The van der Waals surface area contributed by atoms with Gasteiger partial charge in [0.05, 0.1) is 25.9 Å². The van der Waals surface area contributed by atoms with Crippen LogP contribution in [0.3, 0.4) is 0 Å². The number of rotatable bonds is 3. The van der Waals surface area contributed by atoms with E-state index in [4.69, 9.17) is 9.47 Å². The lowest BCUT2D eigenvalue weighted by atomic mass is 9.95. The second kappa shape index (κ2) is 6.70. The predicted octanol–water partition coefficient (Wildman–Crippen LogP) is 3.84. The summed E-state index contributed by atoms with van der Waals surface area (Å²) in [4.78, 5) is 0. The van der Waals surface area contributed by atoms with Crippen LogP contribution in [-0.4, -0.2) is 25.9 Å². The lowest BCUT2D eigenvalue weighted by Crippen LogP contribution is -2.27. The molecule has 2 aromatic rings. The summed E-state index contributed by atoms with van der Waals surface area (Å²) in [7, 11) is 0. The lowest BCUT2D eigenvalue weighted by Gasteiger charge is -2.21. The largest absolute Gasteiger partial charge is 0.376 e. The van der Waals surface area contributed by atoms with E-state index in [1.54, 1.807) is 0 Å². The van der Waals surface area contributed by atoms with Crippen molar-refractivity contribution >= 4 is 5.57 Å².